The van der Waals surface area contributed by atoms with Gasteiger partial charge in [-0.2, -0.15) is 0 Å². The quantitative estimate of drug-likeness (QED) is 0.743. The Morgan fingerprint density at radius 1 is 0.882 bits per heavy atom. The first-order valence-corrected chi connectivity index (χ1v) is 5.45. The molecular weight excluding hydrogens is 216 g/mol. The lowest BCUT2D eigenvalue weighted by molar-refractivity contribution is 0.451. The molecule has 0 fully saturated rings. The number of aromatic hydroxyl groups is 3. The number of rotatable bonds is 2. The summed E-state index contributed by atoms with van der Waals surface area (Å²) in [6.07, 6.45) is 0.846. The molecule has 17 heavy (non-hydrogen) atoms. The van der Waals surface area contributed by atoms with Crippen LogP contribution in [-0.2, 0) is 6.42 Å². The van der Waals surface area contributed by atoms with Gasteiger partial charge in [0, 0.05) is 11.6 Å². The van der Waals surface area contributed by atoms with Gasteiger partial charge >= 0.3 is 0 Å². The molecule has 0 aliphatic rings. The number of aryl methyl sites for hydroxylation is 1. The van der Waals surface area contributed by atoms with Gasteiger partial charge in [-0.1, -0.05) is 19.1 Å². The van der Waals surface area contributed by atoms with Crippen molar-refractivity contribution in [3.05, 3.63) is 42.0 Å². The lowest BCUT2D eigenvalue weighted by atomic mass is 10.0. The van der Waals surface area contributed by atoms with Gasteiger partial charge in [-0.25, -0.2) is 0 Å². The van der Waals surface area contributed by atoms with Gasteiger partial charge in [0.15, 0.2) is 0 Å². The van der Waals surface area contributed by atoms with E-state index in [1.165, 1.54) is 18.2 Å². The highest BCUT2D eigenvalue weighted by Crippen LogP contribution is 2.34. The summed E-state index contributed by atoms with van der Waals surface area (Å²) in [5.74, 6) is 0.0901. The van der Waals surface area contributed by atoms with E-state index in [-0.39, 0.29) is 17.2 Å². The van der Waals surface area contributed by atoms with Crippen LogP contribution in [0.5, 0.6) is 17.2 Å². The molecule has 2 rings (SSSR count). The minimum atomic E-state index is -0.0287. The van der Waals surface area contributed by atoms with E-state index < -0.39 is 0 Å². The molecule has 0 amide bonds. The van der Waals surface area contributed by atoms with E-state index in [9.17, 15) is 15.3 Å². The molecule has 2 aromatic rings. The van der Waals surface area contributed by atoms with Crippen LogP contribution in [0.1, 0.15) is 12.5 Å². The van der Waals surface area contributed by atoms with Gasteiger partial charge in [-0.15, -0.1) is 0 Å². The Morgan fingerprint density at radius 3 is 2.06 bits per heavy atom. The summed E-state index contributed by atoms with van der Waals surface area (Å²) in [5.41, 5.74) is 2.21. The fraction of sp³-hybridized carbons (Fsp3) is 0.143. The van der Waals surface area contributed by atoms with E-state index in [1.54, 1.807) is 12.1 Å². The van der Waals surface area contributed by atoms with E-state index in [2.05, 4.69) is 0 Å². The van der Waals surface area contributed by atoms with Crippen molar-refractivity contribution in [3.63, 3.8) is 0 Å². The van der Waals surface area contributed by atoms with Crippen LogP contribution in [0.3, 0.4) is 0 Å². The molecule has 0 aliphatic carbocycles. The predicted octanol–water partition coefficient (Wildman–Crippen LogP) is 3.03. The first kappa shape index (κ1) is 11.3. The third-order valence-electron chi connectivity index (χ3n) is 2.68. The molecular formula is C14H14O3. The van der Waals surface area contributed by atoms with Crippen LogP contribution >= 0.6 is 0 Å². The monoisotopic (exact) mass is 230 g/mol. The first-order valence-electron chi connectivity index (χ1n) is 5.45. The number of hydrogen-bond acceptors (Lipinski definition) is 3. The zero-order valence-electron chi connectivity index (χ0n) is 9.51. The molecule has 3 nitrogen and oxygen atoms in total. The first-order chi connectivity index (χ1) is 8.10. The van der Waals surface area contributed by atoms with Crippen molar-refractivity contribution in [2.75, 3.05) is 0 Å². The second-order valence-electron chi connectivity index (χ2n) is 3.94. The molecule has 0 atom stereocenters. The van der Waals surface area contributed by atoms with Crippen molar-refractivity contribution in [2.24, 2.45) is 0 Å². The Kier molecular flexibility index (Phi) is 2.91. The van der Waals surface area contributed by atoms with Gasteiger partial charge in [0.05, 0.1) is 0 Å². The van der Waals surface area contributed by atoms with Gasteiger partial charge in [0.1, 0.15) is 17.2 Å². The molecule has 0 bridgehead atoms. The Hall–Kier alpha value is -2.16. The summed E-state index contributed by atoms with van der Waals surface area (Å²) in [5, 5.41) is 28.7. The zero-order valence-corrected chi connectivity index (χ0v) is 9.51. The SMILES string of the molecule is CCc1ccc(-c2cc(O)cc(O)c2)c(O)c1. The smallest absolute Gasteiger partial charge is 0.123 e. The Labute approximate surface area is 99.6 Å². The number of benzene rings is 2. The van der Waals surface area contributed by atoms with E-state index in [0.717, 1.165) is 12.0 Å². The lowest BCUT2D eigenvalue weighted by Crippen LogP contribution is -1.83. The van der Waals surface area contributed by atoms with E-state index >= 15 is 0 Å². The van der Waals surface area contributed by atoms with Crippen LogP contribution in [0.25, 0.3) is 11.1 Å². The number of phenolic OH excluding ortho intramolecular Hbond substituents is 3. The Balaban J connectivity index is 2.52. The summed E-state index contributed by atoms with van der Waals surface area (Å²) in [4.78, 5) is 0. The fourth-order valence-corrected chi connectivity index (χ4v) is 1.79. The summed E-state index contributed by atoms with van der Waals surface area (Å²) < 4.78 is 0. The van der Waals surface area contributed by atoms with Crippen LogP contribution in [0, 0.1) is 0 Å². The van der Waals surface area contributed by atoms with Crippen LogP contribution in [0.2, 0.25) is 0 Å². The molecule has 3 heteroatoms. The normalized spacial score (nSPS) is 10.4. The zero-order chi connectivity index (χ0) is 12.4. The standard InChI is InChI=1S/C14H14O3/c1-2-9-3-4-13(14(17)5-9)10-6-11(15)8-12(16)7-10/h3-8,15-17H,2H2,1H3. The molecule has 0 aromatic heterocycles. The van der Waals surface area contributed by atoms with E-state index in [4.69, 9.17) is 0 Å². The molecule has 3 N–H and O–H groups in total. The van der Waals surface area contributed by atoms with Crippen molar-refractivity contribution in [2.45, 2.75) is 13.3 Å². The van der Waals surface area contributed by atoms with Gasteiger partial charge in [0.25, 0.3) is 0 Å². The lowest BCUT2D eigenvalue weighted by Gasteiger charge is -2.07. The van der Waals surface area contributed by atoms with Gasteiger partial charge in [0.2, 0.25) is 0 Å². The van der Waals surface area contributed by atoms with E-state index in [1.807, 2.05) is 13.0 Å². The molecule has 0 saturated heterocycles. The van der Waals surface area contributed by atoms with Crippen molar-refractivity contribution >= 4 is 0 Å². The molecule has 0 spiro atoms. The highest BCUT2D eigenvalue weighted by Gasteiger charge is 2.07. The van der Waals surface area contributed by atoms with Crippen molar-refractivity contribution in [1.29, 1.82) is 0 Å². The van der Waals surface area contributed by atoms with Crippen LogP contribution in [0.15, 0.2) is 36.4 Å². The molecule has 0 radical (unpaired) electrons. The van der Waals surface area contributed by atoms with Crippen LogP contribution in [-0.4, -0.2) is 15.3 Å². The van der Waals surface area contributed by atoms with Crippen LogP contribution < -0.4 is 0 Å². The maximum atomic E-state index is 9.89. The summed E-state index contributed by atoms with van der Waals surface area (Å²) in [7, 11) is 0. The number of hydrogen-bond donors (Lipinski definition) is 3. The average molecular weight is 230 g/mol. The Bertz CT molecular complexity index is 527. The highest BCUT2D eigenvalue weighted by atomic mass is 16.3. The highest BCUT2D eigenvalue weighted by molar-refractivity contribution is 5.72. The molecule has 0 aliphatic heterocycles. The van der Waals surface area contributed by atoms with Gasteiger partial charge in [-0.3, -0.25) is 0 Å². The number of phenols is 3. The van der Waals surface area contributed by atoms with Gasteiger partial charge in [-0.05, 0) is 35.7 Å². The summed E-state index contributed by atoms with van der Waals surface area (Å²) >= 11 is 0. The third-order valence-corrected chi connectivity index (χ3v) is 2.68. The maximum absolute atomic E-state index is 9.89. The molecule has 0 unspecified atom stereocenters. The Morgan fingerprint density at radius 2 is 1.53 bits per heavy atom. The predicted molar refractivity (Wildman–Crippen MR) is 66.3 cm³/mol. The minimum absolute atomic E-state index is 0.0287. The topological polar surface area (TPSA) is 60.7 Å². The summed E-state index contributed by atoms with van der Waals surface area (Å²) in [6.45, 7) is 2.01. The molecule has 0 heterocycles. The van der Waals surface area contributed by atoms with Crippen molar-refractivity contribution in [1.82, 2.24) is 0 Å². The van der Waals surface area contributed by atoms with Crippen molar-refractivity contribution in [3.8, 4) is 28.4 Å². The minimum Gasteiger partial charge on any atom is -0.508 e. The second-order valence-corrected chi connectivity index (χ2v) is 3.94. The molecule has 88 valence electrons. The fourth-order valence-electron chi connectivity index (χ4n) is 1.79. The molecule has 2 aromatic carbocycles. The summed E-state index contributed by atoms with van der Waals surface area (Å²) in [6, 6.07) is 9.64. The van der Waals surface area contributed by atoms with Gasteiger partial charge < -0.3 is 15.3 Å². The third kappa shape index (κ3) is 2.33. The second kappa shape index (κ2) is 4.37. The average Bonchev–Trinajstić information content (AvgIpc) is 2.27. The van der Waals surface area contributed by atoms with Crippen LogP contribution in [0.4, 0.5) is 0 Å². The largest absolute Gasteiger partial charge is 0.508 e. The maximum Gasteiger partial charge on any atom is 0.123 e. The van der Waals surface area contributed by atoms with Crippen molar-refractivity contribution < 1.29 is 15.3 Å². The van der Waals surface area contributed by atoms with E-state index in [0.29, 0.717) is 11.1 Å². The molecule has 0 saturated carbocycles.